The monoisotopic (exact) mass is 288 g/mol. The zero-order valence-corrected chi connectivity index (χ0v) is 13.0. The van der Waals surface area contributed by atoms with Gasteiger partial charge in [-0.15, -0.1) is 0 Å². The summed E-state index contributed by atoms with van der Waals surface area (Å²) in [4.78, 5) is 2.71. The second kappa shape index (κ2) is 7.81. The summed E-state index contributed by atoms with van der Waals surface area (Å²) >= 11 is 0. The quantitative estimate of drug-likeness (QED) is 0.814. The summed E-state index contributed by atoms with van der Waals surface area (Å²) in [6.07, 6.45) is 7.98. The second-order valence-corrected chi connectivity index (χ2v) is 6.32. The lowest BCUT2D eigenvalue weighted by atomic mass is 9.94. The van der Waals surface area contributed by atoms with Gasteiger partial charge in [-0.1, -0.05) is 24.6 Å². The predicted octanol–water partition coefficient (Wildman–Crippen LogP) is 3.06. The van der Waals surface area contributed by atoms with Gasteiger partial charge in [0.1, 0.15) is 5.75 Å². The van der Waals surface area contributed by atoms with E-state index in [-0.39, 0.29) is 0 Å². The summed E-state index contributed by atoms with van der Waals surface area (Å²) in [5.74, 6) is 0.991. The second-order valence-electron chi connectivity index (χ2n) is 6.32. The molecule has 1 aromatic rings. The zero-order valence-electron chi connectivity index (χ0n) is 13.0. The Morgan fingerprint density at radius 3 is 2.81 bits per heavy atom. The molecule has 3 rings (SSSR count). The van der Waals surface area contributed by atoms with Crippen molar-refractivity contribution < 1.29 is 4.74 Å². The number of likely N-dealkylation sites (tertiary alicyclic amines) is 1. The zero-order chi connectivity index (χ0) is 14.3. The average molecular weight is 288 g/mol. The van der Waals surface area contributed by atoms with Gasteiger partial charge in [0.25, 0.3) is 0 Å². The van der Waals surface area contributed by atoms with Gasteiger partial charge in [-0.05, 0) is 57.3 Å². The topological polar surface area (TPSA) is 24.5 Å². The Morgan fingerprint density at radius 2 is 2.00 bits per heavy atom. The molecule has 0 bridgehead atoms. The van der Waals surface area contributed by atoms with E-state index < -0.39 is 0 Å². The van der Waals surface area contributed by atoms with Crippen molar-refractivity contribution in [2.75, 3.05) is 26.2 Å². The summed E-state index contributed by atoms with van der Waals surface area (Å²) < 4.78 is 5.82. The maximum absolute atomic E-state index is 5.82. The van der Waals surface area contributed by atoms with Crippen LogP contribution in [0.2, 0.25) is 0 Å². The van der Waals surface area contributed by atoms with Crippen LogP contribution >= 0.6 is 0 Å². The van der Waals surface area contributed by atoms with Crippen LogP contribution in [0.1, 0.15) is 38.5 Å². The molecule has 2 fully saturated rings. The Morgan fingerprint density at radius 1 is 1.10 bits per heavy atom. The highest BCUT2D eigenvalue weighted by Gasteiger charge is 2.30. The van der Waals surface area contributed by atoms with Crippen LogP contribution < -0.4 is 10.1 Å². The van der Waals surface area contributed by atoms with Crippen LogP contribution in [-0.4, -0.2) is 43.2 Å². The maximum Gasteiger partial charge on any atom is 0.119 e. The number of para-hydroxylation sites is 1. The van der Waals surface area contributed by atoms with Gasteiger partial charge in [-0.3, -0.25) is 4.90 Å². The standard InChI is InChI=1S/C18H28N2O/c1-2-8-16(9-3-1)21-15-7-14-20-13-5-4-11-18(20)17-10-6-12-19-17/h1-3,8-9,17-19H,4-7,10-15H2. The molecule has 0 aliphatic carbocycles. The minimum Gasteiger partial charge on any atom is -0.494 e. The first kappa shape index (κ1) is 14.9. The van der Waals surface area contributed by atoms with Crippen LogP contribution in [0, 0.1) is 0 Å². The Kier molecular flexibility index (Phi) is 5.53. The van der Waals surface area contributed by atoms with Gasteiger partial charge < -0.3 is 10.1 Å². The average Bonchev–Trinajstić information content (AvgIpc) is 3.07. The number of rotatable bonds is 6. The molecule has 0 radical (unpaired) electrons. The van der Waals surface area contributed by atoms with Crippen molar-refractivity contribution in [3.05, 3.63) is 30.3 Å². The van der Waals surface area contributed by atoms with Gasteiger partial charge in [0.15, 0.2) is 0 Å². The number of benzene rings is 1. The molecule has 116 valence electrons. The van der Waals surface area contributed by atoms with Crippen LogP contribution in [0.15, 0.2) is 30.3 Å². The number of hydrogen-bond donors (Lipinski definition) is 1. The van der Waals surface area contributed by atoms with E-state index in [2.05, 4.69) is 10.2 Å². The van der Waals surface area contributed by atoms with E-state index in [0.29, 0.717) is 0 Å². The smallest absolute Gasteiger partial charge is 0.119 e. The highest BCUT2D eigenvalue weighted by Crippen LogP contribution is 2.24. The van der Waals surface area contributed by atoms with Gasteiger partial charge in [-0.2, -0.15) is 0 Å². The molecular formula is C18H28N2O. The fourth-order valence-electron chi connectivity index (χ4n) is 3.76. The first-order valence-corrected chi connectivity index (χ1v) is 8.59. The highest BCUT2D eigenvalue weighted by molar-refractivity contribution is 5.20. The van der Waals surface area contributed by atoms with Crippen molar-refractivity contribution in [3.63, 3.8) is 0 Å². The van der Waals surface area contributed by atoms with E-state index >= 15 is 0 Å². The molecule has 3 nitrogen and oxygen atoms in total. The predicted molar refractivity (Wildman–Crippen MR) is 86.8 cm³/mol. The molecule has 3 heteroatoms. The molecule has 1 N–H and O–H groups in total. The van der Waals surface area contributed by atoms with Crippen molar-refractivity contribution in [3.8, 4) is 5.75 Å². The highest BCUT2D eigenvalue weighted by atomic mass is 16.5. The number of nitrogens with one attached hydrogen (secondary N) is 1. The molecule has 2 atom stereocenters. The molecule has 2 saturated heterocycles. The van der Waals surface area contributed by atoms with Crippen molar-refractivity contribution in [1.82, 2.24) is 10.2 Å². The Hall–Kier alpha value is -1.06. The molecule has 0 saturated carbocycles. The Bertz CT molecular complexity index is 403. The van der Waals surface area contributed by atoms with Crippen molar-refractivity contribution in [2.24, 2.45) is 0 Å². The number of nitrogens with zero attached hydrogens (tertiary/aromatic N) is 1. The van der Waals surface area contributed by atoms with Crippen LogP contribution in [0.4, 0.5) is 0 Å². The van der Waals surface area contributed by atoms with Crippen LogP contribution in [0.3, 0.4) is 0 Å². The van der Waals surface area contributed by atoms with Crippen LogP contribution in [0.25, 0.3) is 0 Å². The van der Waals surface area contributed by atoms with E-state index in [9.17, 15) is 0 Å². The summed E-state index contributed by atoms with van der Waals surface area (Å²) in [5, 5.41) is 3.70. The Labute approximate surface area is 128 Å². The van der Waals surface area contributed by atoms with E-state index in [4.69, 9.17) is 4.74 Å². The van der Waals surface area contributed by atoms with Gasteiger partial charge in [0, 0.05) is 18.6 Å². The molecule has 1 aromatic carbocycles. The minimum atomic E-state index is 0.736. The molecule has 2 unspecified atom stereocenters. The SMILES string of the molecule is c1ccc(OCCCN2CCCCC2C2CCCN2)cc1. The lowest BCUT2D eigenvalue weighted by Gasteiger charge is -2.39. The Balaban J connectivity index is 1.42. The fraction of sp³-hybridized carbons (Fsp3) is 0.667. The lowest BCUT2D eigenvalue weighted by molar-refractivity contribution is 0.112. The summed E-state index contributed by atoms with van der Waals surface area (Å²) in [7, 11) is 0. The normalized spacial score (nSPS) is 26.9. The minimum absolute atomic E-state index is 0.736. The van der Waals surface area contributed by atoms with Crippen molar-refractivity contribution in [1.29, 1.82) is 0 Å². The lowest BCUT2D eigenvalue weighted by Crippen LogP contribution is -2.50. The van der Waals surface area contributed by atoms with Gasteiger partial charge in [-0.25, -0.2) is 0 Å². The molecule has 2 heterocycles. The third kappa shape index (κ3) is 4.21. The van der Waals surface area contributed by atoms with Crippen LogP contribution in [0.5, 0.6) is 5.75 Å². The maximum atomic E-state index is 5.82. The van der Waals surface area contributed by atoms with Crippen LogP contribution in [-0.2, 0) is 0 Å². The van der Waals surface area contributed by atoms with Gasteiger partial charge >= 0.3 is 0 Å². The fourth-order valence-corrected chi connectivity index (χ4v) is 3.76. The number of hydrogen-bond acceptors (Lipinski definition) is 3. The van der Waals surface area contributed by atoms with E-state index in [1.165, 1.54) is 51.7 Å². The first-order valence-electron chi connectivity index (χ1n) is 8.59. The van der Waals surface area contributed by atoms with Crippen molar-refractivity contribution in [2.45, 2.75) is 50.6 Å². The van der Waals surface area contributed by atoms with Gasteiger partial charge in [0.05, 0.1) is 6.61 Å². The molecule has 0 amide bonds. The number of piperidine rings is 1. The first-order chi connectivity index (χ1) is 10.4. The van der Waals surface area contributed by atoms with Crippen molar-refractivity contribution >= 4 is 0 Å². The molecule has 21 heavy (non-hydrogen) atoms. The van der Waals surface area contributed by atoms with E-state index in [0.717, 1.165) is 30.9 Å². The molecule has 2 aliphatic heterocycles. The molecule has 0 aromatic heterocycles. The summed E-state index contributed by atoms with van der Waals surface area (Å²) in [6, 6.07) is 11.7. The third-order valence-corrected chi connectivity index (χ3v) is 4.83. The van der Waals surface area contributed by atoms with Gasteiger partial charge in [0.2, 0.25) is 0 Å². The summed E-state index contributed by atoms with van der Waals surface area (Å²) in [6.45, 7) is 4.49. The molecule has 0 spiro atoms. The summed E-state index contributed by atoms with van der Waals surface area (Å²) in [5.41, 5.74) is 0. The van der Waals surface area contributed by atoms with E-state index in [1.807, 2.05) is 30.3 Å². The number of ether oxygens (including phenoxy) is 1. The third-order valence-electron chi connectivity index (χ3n) is 4.83. The van der Waals surface area contributed by atoms with E-state index in [1.54, 1.807) is 0 Å². The molecule has 2 aliphatic rings. The molecular weight excluding hydrogens is 260 g/mol. The largest absolute Gasteiger partial charge is 0.494 e.